The summed E-state index contributed by atoms with van der Waals surface area (Å²) >= 11 is 0. The lowest BCUT2D eigenvalue weighted by atomic mass is 10.2. The van der Waals surface area contributed by atoms with E-state index in [9.17, 15) is 0 Å². The van der Waals surface area contributed by atoms with Gasteiger partial charge in [-0.05, 0) is 33.8 Å². The Labute approximate surface area is 109 Å². The van der Waals surface area contributed by atoms with Gasteiger partial charge in [0.2, 0.25) is 0 Å². The van der Waals surface area contributed by atoms with Gasteiger partial charge >= 0.3 is 0 Å². The third-order valence-corrected chi connectivity index (χ3v) is 1.34. The SMILES string of the molecule is CC.CC.CN(C)Cc1ccccc1.CNC. The quantitative estimate of drug-likeness (QED) is 0.849. The maximum Gasteiger partial charge on any atom is 0.0227 e. The molecule has 0 heterocycles. The van der Waals surface area contributed by atoms with E-state index in [1.807, 2.05) is 47.9 Å². The standard InChI is InChI=1S/C9H13N.C2H7N.2C2H6/c1-10(2)8-9-6-4-3-5-7-9;1-3-2;2*1-2/h3-7H,8H2,1-2H3;3H,1-2H3;2*1-2H3. The highest BCUT2D eigenvalue weighted by Gasteiger charge is 1.90. The van der Waals surface area contributed by atoms with Gasteiger partial charge in [-0.25, -0.2) is 0 Å². The van der Waals surface area contributed by atoms with Gasteiger partial charge in [0.25, 0.3) is 0 Å². The van der Waals surface area contributed by atoms with Crippen LogP contribution in [0.4, 0.5) is 0 Å². The first kappa shape index (κ1) is 21.4. The molecule has 1 N–H and O–H groups in total. The highest BCUT2D eigenvalue weighted by molar-refractivity contribution is 5.14. The van der Waals surface area contributed by atoms with E-state index in [2.05, 4.69) is 48.6 Å². The molecule has 0 spiro atoms. The van der Waals surface area contributed by atoms with Crippen molar-refractivity contribution < 1.29 is 0 Å². The maximum absolute atomic E-state index is 2.75. The number of rotatable bonds is 2. The largest absolute Gasteiger partial charge is 0.323 e. The van der Waals surface area contributed by atoms with Crippen LogP contribution in [0.1, 0.15) is 33.3 Å². The molecule has 102 valence electrons. The van der Waals surface area contributed by atoms with Crippen LogP contribution in [0.15, 0.2) is 30.3 Å². The molecule has 0 saturated heterocycles. The van der Waals surface area contributed by atoms with E-state index in [0.29, 0.717) is 0 Å². The van der Waals surface area contributed by atoms with Gasteiger partial charge in [0.05, 0.1) is 0 Å². The van der Waals surface area contributed by atoms with Gasteiger partial charge in [-0.15, -0.1) is 0 Å². The monoisotopic (exact) mass is 240 g/mol. The van der Waals surface area contributed by atoms with Crippen LogP contribution in [0.5, 0.6) is 0 Å². The molecule has 0 aliphatic carbocycles. The molecule has 1 aromatic rings. The van der Waals surface area contributed by atoms with E-state index in [0.717, 1.165) is 6.54 Å². The van der Waals surface area contributed by atoms with Crippen molar-refractivity contribution >= 4 is 0 Å². The zero-order valence-corrected chi connectivity index (χ0v) is 13.0. The predicted octanol–water partition coefficient (Wildman–Crippen LogP) is 3.64. The molecule has 2 nitrogen and oxygen atoms in total. The minimum atomic E-state index is 1.03. The van der Waals surface area contributed by atoms with E-state index in [1.54, 1.807) is 0 Å². The van der Waals surface area contributed by atoms with E-state index < -0.39 is 0 Å². The molecule has 0 atom stereocenters. The minimum Gasteiger partial charge on any atom is -0.323 e. The van der Waals surface area contributed by atoms with Crippen LogP contribution in [-0.4, -0.2) is 33.1 Å². The van der Waals surface area contributed by atoms with E-state index in [1.165, 1.54) is 5.56 Å². The lowest BCUT2D eigenvalue weighted by molar-refractivity contribution is 0.402. The molecular weight excluding hydrogens is 208 g/mol. The van der Waals surface area contributed by atoms with Crippen molar-refractivity contribution in [3.8, 4) is 0 Å². The van der Waals surface area contributed by atoms with Crippen molar-refractivity contribution in [3.05, 3.63) is 35.9 Å². The Morgan fingerprint density at radius 3 is 1.53 bits per heavy atom. The number of benzene rings is 1. The van der Waals surface area contributed by atoms with Gasteiger partial charge in [-0.2, -0.15) is 0 Å². The Bertz CT molecular complexity index is 195. The summed E-state index contributed by atoms with van der Waals surface area (Å²) in [7, 11) is 7.90. The first-order valence-corrected chi connectivity index (χ1v) is 6.47. The van der Waals surface area contributed by atoms with Crippen LogP contribution in [0.3, 0.4) is 0 Å². The molecule has 0 radical (unpaired) electrons. The topological polar surface area (TPSA) is 15.3 Å². The van der Waals surface area contributed by atoms with Gasteiger partial charge in [0, 0.05) is 6.54 Å². The van der Waals surface area contributed by atoms with E-state index in [4.69, 9.17) is 0 Å². The van der Waals surface area contributed by atoms with E-state index >= 15 is 0 Å². The molecule has 0 saturated carbocycles. The summed E-state index contributed by atoms with van der Waals surface area (Å²) in [6.45, 7) is 9.03. The van der Waals surface area contributed by atoms with Gasteiger partial charge in [0.1, 0.15) is 0 Å². The molecule has 0 aliphatic rings. The van der Waals surface area contributed by atoms with Gasteiger partial charge in [-0.1, -0.05) is 58.0 Å². The van der Waals surface area contributed by atoms with Crippen molar-refractivity contribution in [1.82, 2.24) is 10.2 Å². The second kappa shape index (κ2) is 20.5. The van der Waals surface area contributed by atoms with Crippen molar-refractivity contribution in [3.63, 3.8) is 0 Å². The molecule has 17 heavy (non-hydrogen) atoms. The molecular formula is C15H32N2. The highest BCUT2D eigenvalue weighted by Crippen LogP contribution is 1.99. The third-order valence-electron chi connectivity index (χ3n) is 1.34. The first-order chi connectivity index (χ1) is 8.20. The zero-order chi connectivity index (χ0) is 14.1. The fourth-order valence-corrected chi connectivity index (χ4v) is 0.949. The number of hydrogen-bond donors (Lipinski definition) is 1. The Balaban J connectivity index is -0.000000239. The summed E-state index contributed by atoms with van der Waals surface area (Å²) < 4.78 is 0. The van der Waals surface area contributed by atoms with Crippen molar-refractivity contribution in [2.24, 2.45) is 0 Å². The molecule has 0 bridgehead atoms. The lowest BCUT2D eigenvalue weighted by Crippen LogP contribution is -2.10. The summed E-state index contributed by atoms with van der Waals surface area (Å²) in [5, 5.41) is 2.75. The minimum absolute atomic E-state index is 1.03. The van der Waals surface area contributed by atoms with Crippen LogP contribution in [-0.2, 0) is 6.54 Å². The van der Waals surface area contributed by atoms with Crippen LogP contribution >= 0.6 is 0 Å². The van der Waals surface area contributed by atoms with Crippen LogP contribution < -0.4 is 5.32 Å². The number of nitrogens with zero attached hydrogens (tertiary/aromatic N) is 1. The second-order valence-corrected chi connectivity index (χ2v) is 3.22. The lowest BCUT2D eigenvalue weighted by Gasteiger charge is -2.08. The molecule has 1 rings (SSSR count). The van der Waals surface area contributed by atoms with Gasteiger partial charge < -0.3 is 10.2 Å². The predicted molar refractivity (Wildman–Crippen MR) is 81.5 cm³/mol. The maximum atomic E-state index is 2.75. The molecule has 0 unspecified atom stereocenters. The second-order valence-electron chi connectivity index (χ2n) is 3.22. The summed E-state index contributed by atoms with van der Waals surface area (Å²) in [6, 6.07) is 10.5. The van der Waals surface area contributed by atoms with Gasteiger partial charge in [-0.3, -0.25) is 0 Å². The van der Waals surface area contributed by atoms with Crippen LogP contribution in [0.25, 0.3) is 0 Å². The molecule has 0 aliphatic heterocycles. The normalized spacial score (nSPS) is 7.82. The van der Waals surface area contributed by atoms with E-state index in [-0.39, 0.29) is 0 Å². The zero-order valence-electron chi connectivity index (χ0n) is 13.0. The summed E-state index contributed by atoms with van der Waals surface area (Å²) in [4.78, 5) is 2.16. The molecule has 1 aromatic carbocycles. The smallest absolute Gasteiger partial charge is 0.0227 e. The van der Waals surface area contributed by atoms with Crippen LogP contribution in [0.2, 0.25) is 0 Å². The first-order valence-electron chi connectivity index (χ1n) is 6.47. The Morgan fingerprint density at radius 2 is 1.24 bits per heavy atom. The average Bonchev–Trinajstić information content (AvgIpc) is 2.36. The van der Waals surface area contributed by atoms with Crippen molar-refractivity contribution in [1.29, 1.82) is 0 Å². The molecule has 0 amide bonds. The Morgan fingerprint density at radius 1 is 0.882 bits per heavy atom. The fraction of sp³-hybridized carbons (Fsp3) is 0.600. The van der Waals surface area contributed by atoms with Crippen molar-refractivity contribution in [2.45, 2.75) is 34.2 Å². The fourth-order valence-electron chi connectivity index (χ4n) is 0.949. The molecule has 0 aromatic heterocycles. The summed E-state index contributed by atoms with van der Waals surface area (Å²) in [6.07, 6.45) is 0. The Hall–Kier alpha value is -0.860. The number of nitrogens with one attached hydrogen (secondary N) is 1. The molecule has 2 heteroatoms. The number of hydrogen-bond acceptors (Lipinski definition) is 2. The summed E-state index contributed by atoms with van der Waals surface area (Å²) in [5.41, 5.74) is 1.37. The Kier molecular flexibility index (Phi) is 25.9. The van der Waals surface area contributed by atoms with Crippen molar-refractivity contribution in [2.75, 3.05) is 28.2 Å². The van der Waals surface area contributed by atoms with Crippen LogP contribution in [0, 0.1) is 0 Å². The van der Waals surface area contributed by atoms with Gasteiger partial charge in [0.15, 0.2) is 0 Å². The molecule has 0 fully saturated rings. The summed E-state index contributed by atoms with van der Waals surface area (Å²) in [5.74, 6) is 0. The average molecular weight is 240 g/mol. The third kappa shape index (κ3) is 21.1. The highest BCUT2D eigenvalue weighted by atomic mass is 15.0.